The van der Waals surface area contributed by atoms with Crippen molar-refractivity contribution in [3.63, 3.8) is 0 Å². The second kappa shape index (κ2) is 3.07. The summed E-state index contributed by atoms with van der Waals surface area (Å²) in [7, 11) is 0. The summed E-state index contributed by atoms with van der Waals surface area (Å²) in [5.74, 6) is -0.121. The number of carbonyl (C=O) groups is 1. The monoisotopic (exact) mass is 224 g/mol. The van der Waals surface area contributed by atoms with E-state index in [0.717, 1.165) is 6.20 Å². The van der Waals surface area contributed by atoms with Crippen LogP contribution in [-0.2, 0) is 0 Å². The SMILES string of the molecule is O=C(O)N1C[C@@H]2C[C@H]1c1cc(F)cnc1O2. The molecule has 6 heteroatoms. The lowest BCUT2D eigenvalue weighted by atomic mass is 10.0. The van der Waals surface area contributed by atoms with Gasteiger partial charge in [-0.15, -0.1) is 0 Å². The van der Waals surface area contributed by atoms with Gasteiger partial charge in [-0.05, 0) is 6.07 Å². The van der Waals surface area contributed by atoms with Crippen LogP contribution in [0.15, 0.2) is 12.3 Å². The minimum Gasteiger partial charge on any atom is -0.472 e. The molecule has 2 atom stereocenters. The number of ether oxygens (including phenoxy) is 1. The molecule has 0 unspecified atom stereocenters. The Kier molecular flexibility index (Phi) is 1.80. The summed E-state index contributed by atoms with van der Waals surface area (Å²) < 4.78 is 18.5. The van der Waals surface area contributed by atoms with Crippen LogP contribution in [0.4, 0.5) is 9.18 Å². The number of likely N-dealkylation sites (tertiary alicyclic amines) is 1. The van der Waals surface area contributed by atoms with Gasteiger partial charge < -0.3 is 9.84 Å². The van der Waals surface area contributed by atoms with Gasteiger partial charge in [0.15, 0.2) is 0 Å². The van der Waals surface area contributed by atoms with Gasteiger partial charge in [0.05, 0.1) is 18.8 Å². The fraction of sp³-hybridized carbons (Fsp3) is 0.400. The van der Waals surface area contributed by atoms with Crippen LogP contribution < -0.4 is 4.74 Å². The van der Waals surface area contributed by atoms with Crippen molar-refractivity contribution in [1.29, 1.82) is 0 Å². The van der Waals surface area contributed by atoms with Crippen LogP contribution in [0.25, 0.3) is 0 Å². The molecule has 84 valence electrons. The van der Waals surface area contributed by atoms with Crippen molar-refractivity contribution in [3.8, 4) is 5.88 Å². The number of rotatable bonds is 0. The Hall–Kier alpha value is -1.85. The van der Waals surface area contributed by atoms with Crippen LogP contribution >= 0.6 is 0 Å². The van der Waals surface area contributed by atoms with E-state index in [1.807, 2.05) is 0 Å². The Morgan fingerprint density at radius 1 is 1.69 bits per heavy atom. The zero-order valence-electron chi connectivity index (χ0n) is 8.26. The molecule has 3 heterocycles. The third kappa shape index (κ3) is 1.22. The van der Waals surface area contributed by atoms with Crippen molar-refractivity contribution in [2.45, 2.75) is 18.6 Å². The molecule has 2 aliphatic rings. The summed E-state index contributed by atoms with van der Waals surface area (Å²) in [4.78, 5) is 16.1. The summed E-state index contributed by atoms with van der Waals surface area (Å²) in [5, 5.41) is 9.01. The lowest BCUT2D eigenvalue weighted by Gasteiger charge is -2.24. The maximum Gasteiger partial charge on any atom is 0.407 e. The van der Waals surface area contributed by atoms with Crippen molar-refractivity contribution in [1.82, 2.24) is 9.88 Å². The Morgan fingerprint density at radius 3 is 3.25 bits per heavy atom. The number of fused-ring (bicyclic) bond motifs is 4. The van der Waals surface area contributed by atoms with Crippen molar-refractivity contribution < 1.29 is 19.0 Å². The van der Waals surface area contributed by atoms with Gasteiger partial charge >= 0.3 is 6.09 Å². The molecule has 5 nitrogen and oxygen atoms in total. The molecule has 1 aromatic rings. The molecule has 1 saturated heterocycles. The topological polar surface area (TPSA) is 62.7 Å². The predicted molar refractivity (Wildman–Crippen MR) is 50.7 cm³/mol. The molecule has 16 heavy (non-hydrogen) atoms. The van der Waals surface area contributed by atoms with E-state index in [1.54, 1.807) is 0 Å². The largest absolute Gasteiger partial charge is 0.472 e. The minimum atomic E-state index is -1.01. The third-order valence-corrected chi connectivity index (χ3v) is 2.99. The number of nitrogens with zero attached hydrogens (tertiary/aromatic N) is 2. The third-order valence-electron chi connectivity index (χ3n) is 2.99. The number of aromatic nitrogens is 1. The first-order valence-corrected chi connectivity index (χ1v) is 4.97. The van der Waals surface area contributed by atoms with E-state index in [9.17, 15) is 9.18 Å². The van der Waals surface area contributed by atoms with Gasteiger partial charge in [0.1, 0.15) is 11.9 Å². The van der Waals surface area contributed by atoms with Gasteiger partial charge in [-0.1, -0.05) is 0 Å². The lowest BCUT2D eigenvalue weighted by molar-refractivity contribution is 0.139. The van der Waals surface area contributed by atoms with Crippen LogP contribution in [0.3, 0.4) is 0 Å². The smallest absolute Gasteiger partial charge is 0.407 e. The van der Waals surface area contributed by atoms with Gasteiger partial charge in [-0.3, -0.25) is 4.90 Å². The maximum absolute atomic E-state index is 13.1. The summed E-state index contributed by atoms with van der Waals surface area (Å²) in [6.07, 6.45) is 0.485. The first kappa shape index (κ1) is 9.38. The second-order valence-corrected chi connectivity index (χ2v) is 3.97. The molecule has 3 rings (SSSR count). The van der Waals surface area contributed by atoms with Crippen molar-refractivity contribution in [2.24, 2.45) is 0 Å². The second-order valence-electron chi connectivity index (χ2n) is 3.97. The number of pyridine rings is 1. The van der Waals surface area contributed by atoms with E-state index in [1.165, 1.54) is 11.0 Å². The highest BCUT2D eigenvalue weighted by Gasteiger charge is 2.43. The number of carboxylic acid groups (broad SMARTS) is 1. The fourth-order valence-corrected chi connectivity index (χ4v) is 2.33. The number of hydrogen-bond donors (Lipinski definition) is 1. The molecule has 1 aromatic heterocycles. The van der Waals surface area contributed by atoms with E-state index in [0.29, 0.717) is 24.4 Å². The molecular formula is C10H9FN2O3. The van der Waals surface area contributed by atoms with Gasteiger partial charge in [-0.25, -0.2) is 14.2 Å². The molecule has 1 fully saturated rings. The zero-order chi connectivity index (χ0) is 11.3. The molecule has 0 aromatic carbocycles. The van der Waals surface area contributed by atoms with E-state index in [4.69, 9.17) is 9.84 Å². The normalized spacial score (nSPS) is 26.2. The average Bonchev–Trinajstić information content (AvgIpc) is 2.59. The minimum absolute atomic E-state index is 0.161. The molecule has 0 aliphatic carbocycles. The Balaban J connectivity index is 2.07. The van der Waals surface area contributed by atoms with E-state index < -0.39 is 11.9 Å². The van der Waals surface area contributed by atoms with E-state index in [2.05, 4.69) is 4.98 Å². The summed E-state index contributed by atoms with van der Waals surface area (Å²) in [5.41, 5.74) is 0.524. The van der Waals surface area contributed by atoms with Crippen molar-refractivity contribution in [3.05, 3.63) is 23.6 Å². The molecule has 1 amide bonds. The van der Waals surface area contributed by atoms with E-state index >= 15 is 0 Å². The van der Waals surface area contributed by atoms with Gasteiger partial charge in [0, 0.05) is 12.0 Å². The van der Waals surface area contributed by atoms with Crippen LogP contribution in [0.1, 0.15) is 18.0 Å². The summed E-state index contributed by atoms with van der Waals surface area (Å²) >= 11 is 0. The van der Waals surface area contributed by atoms with Gasteiger partial charge in [0.25, 0.3) is 0 Å². The van der Waals surface area contributed by atoms with Crippen LogP contribution in [0.2, 0.25) is 0 Å². The molecular weight excluding hydrogens is 215 g/mol. The summed E-state index contributed by atoms with van der Waals surface area (Å²) in [6, 6.07) is 0.972. The number of hydrogen-bond acceptors (Lipinski definition) is 3. The van der Waals surface area contributed by atoms with Crippen LogP contribution in [0.5, 0.6) is 5.88 Å². The van der Waals surface area contributed by atoms with Crippen molar-refractivity contribution >= 4 is 6.09 Å². The first-order chi connectivity index (χ1) is 7.65. The highest BCUT2D eigenvalue weighted by Crippen LogP contribution is 2.42. The number of halogens is 1. The Bertz CT molecular complexity index is 465. The zero-order valence-corrected chi connectivity index (χ0v) is 8.26. The van der Waals surface area contributed by atoms with Crippen LogP contribution in [-0.4, -0.2) is 33.7 Å². The quantitative estimate of drug-likeness (QED) is 0.723. The molecule has 1 N–H and O–H groups in total. The summed E-state index contributed by atoms with van der Waals surface area (Å²) in [6.45, 7) is 0.317. The Labute approximate surface area is 90.5 Å². The van der Waals surface area contributed by atoms with Gasteiger partial charge in [-0.2, -0.15) is 0 Å². The standard InChI is InChI=1S/C10H9FN2O3/c11-5-1-7-8-2-6(4-13(8)10(14)15)16-9(7)12-3-5/h1,3,6,8H,2,4H2,(H,14,15)/t6-,8-/m0/s1. The van der Waals surface area contributed by atoms with Crippen molar-refractivity contribution in [2.75, 3.05) is 6.54 Å². The molecule has 0 saturated carbocycles. The maximum atomic E-state index is 13.1. The highest BCUT2D eigenvalue weighted by molar-refractivity contribution is 5.67. The lowest BCUT2D eigenvalue weighted by Crippen LogP contribution is -2.29. The molecule has 2 bridgehead atoms. The van der Waals surface area contributed by atoms with Gasteiger partial charge in [0.2, 0.25) is 5.88 Å². The number of amides is 1. The average molecular weight is 224 g/mol. The van der Waals surface area contributed by atoms with Crippen LogP contribution in [0, 0.1) is 5.82 Å². The predicted octanol–water partition coefficient (Wildman–Crippen LogP) is 1.41. The molecule has 0 spiro atoms. The fourth-order valence-electron chi connectivity index (χ4n) is 2.33. The van der Waals surface area contributed by atoms with E-state index in [-0.39, 0.29) is 12.1 Å². The Morgan fingerprint density at radius 2 is 2.50 bits per heavy atom. The first-order valence-electron chi connectivity index (χ1n) is 4.97. The molecule has 2 aliphatic heterocycles. The highest BCUT2D eigenvalue weighted by atomic mass is 19.1. The molecule has 0 radical (unpaired) electrons.